The predicted octanol–water partition coefficient (Wildman–Crippen LogP) is 1.58. The lowest BCUT2D eigenvalue weighted by molar-refractivity contribution is 0.167. The van der Waals surface area contributed by atoms with E-state index in [2.05, 4.69) is 31.4 Å². The summed E-state index contributed by atoms with van der Waals surface area (Å²) in [4.78, 5) is 8.57. The summed E-state index contributed by atoms with van der Waals surface area (Å²) >= 11 is 0. The standard InChI is InChI=1S/C12H15N5O/c1-5-12(3,4)18-10-8-7-14-17-9(8)15-11(16-10)13-6-2/h1,7H,6H2,2-4H3,(H2,13,14,15,16,17). The number of nitrogens with zero attached hydrogens (tertiary/aromatic N) is 3. The number of fused-ring (bicyclic) bond motifs is 1. The SMILES string of the molecule is C#CC(C)(C)Oc1nc(NCC)nc2[nH]ncc12. The molecule has 2 rings (SSSR count). The maximum absolute atomic E-state index is 5.72. The minimum atomic E-state index is -0.734. The lowest BCUT2D eigenvalue weighted by Crippen LogP contribution is -2.26. The fourth-order valence-electron chi connectivity index (χ4n) is 1.39. The lowest BCUT2D eigenvalue weighted by Gasteiger charge is -2.19. The molecular formula is C12H15N5O. The van der Waals surface area contributed by atoms with E-state index in [0.29, 0.717) is 22.9 Å². The van der Waals surface area contributed by atoms with Crippen molar-refractivity contribution in [3.8, 4) is 18.2 Å². The van der Waals surface area contributed by atoms with E-state index in [4.69, 9.17) is 11.2 Å². The van der Waals surface area contributed by atoms with Crippen LogP contribution in [0.5, 0.6) is 5.88 Å². The molecule has 0 aliphatic carbocycles. The van der Waals surface area contributed by atoms with Crippen molar-refractivity contribution in [2.24, 2.45) is 0 Å². The summed E-state index contributed by atoms with van der Waals surface area (Å²) in [6, 6.07) is 0. The van der Waals surface area contributed by atoms with Crippen molar-refractivity contribution in [1.82, 2.24) is 20.2 Å². The second-order valence-electron chi connectivity index (χ2n) is 4.27. The molecule has 2 N–H and O–H groups in total. The van der Waals surface area contributed by atoms with Crippen LogP contribution in [0.3, 0.4) is 0 Å². The third kappa shape index (κ3) is 2.35. The fraction of sp³-hybridized carbons (Fsp3) is 0.417. The number of rotatable bonds is 4. The minimum absolute atomic E-state index is 0.424. The molecule has 0 aliphatic heterocycles. The number of nitrogens with one attached hydrogen (secondary N) is 2. The summed E-state index contributed by atoms with van der Waals surface area (Å²) in [5, 5.41) is 10.5. The molecule has 0 saturated carbocycles. The molecule has 0 atom stereocenters. The highest BCUT2D eigenvalue weighted by molar-refractivity contribution is 5.80. The minimum Gasteiger partial charge on any atom is -0.458 e. The molecule has 0 radical (unpaired) electrons. The molecule has 94 valence electrons. The van der Waals surface area contributed by atoms with Crippen LogP contribution in [-0.2, 0) is 0 Å². The Morgan fingerprint density at radius 2 is 2.28 bits per heavy atom. The largest absolute Gasteiger partial charge is 0.458 e. The number of ether oxygens (including phenoxy) is 1. The van der Waals surface area contributed by atoms with Gasteiger partial charge in [-0.3, -0.25) is 5.10 Å². The Labute approximate surface area is 105 Å². The van der Waals surface area contributed by atoms with Crippen LogP contribution < -0.4 is 10.1 Å². The Morgan fingerprint density at radius 3 is 2.94 bits per heavy atom. The molecule has 18 heavy (non-hydrogen) atoms. The molecule has 0 unspecified atom stereocenters. The van der Waals surface area contributed by atoms with E-state index in [9.17, 15) is 0 Å². The van der Waals surface area contributed by atoms with Gasteiger partial charge < -0.3 is 10.1 Å². The van der Waals surface area contributed by atoms with E-state index >= 15 is 0 Å². The van der Waals surface area contributed by atoms with Gasteiger partial charge in [0.05, 0.1) is 6.20 Å². The number of H-pyrrole nitrogens is 1. The summed E-state index contributed by atoms with van der Waals surface area (Å²) in [7, 11) is 0. The molecule has 2 heterocycles. The Balaban J connectivity index is 2.47. The number of aromatic amines is 1. The molecule has 2 aromatic rings. The summed E-state index contributed by atoms with van der Waals surface area (Å²) in [6.07, 6.45) is 7.03. The van der Waals surface area contributed by atoms with E-state index in [-0.39, 0.29) is 0 Å². The van der Waals surface area contributed by atoms with E-state index in [1.54, 1.807) is 20.0 Å². The van der Waals surface area contributed by atoms with Crippen LogP contribution in [0.1, 0.15) is 20.8 Å². The number of anilines is 1. The second kappa shape index (κ2) is 4.53. The van der Waals surface area contributed by atoms with Gasteiger partial charge >= 0.3 is 0 Å². The van der Waals surface area contributed by atoms with Gasteiger partial charge in [-0.1, -0.05) is 5.92 Å². The summed E-state index contributed by atoms with van der Waals surface area (Å²) in [5.41, 5.74) is -0.119. The average Bonchev–Trinajstić information content (AvgIpc) is 2.77. The highest BCUT2D eigenvalue weighted by Gasteiger charge is 2.20. The highest BCUT2D eigenvalue weighted by atomic mass is 16.5. The van der Waals surface area contributed by atoms with Gasteiger partial charge in [-0.2, -0.15) is 15.1 Å². The Kier molecular flexibility index (Phi) is 3.06. The molecule has 0 bridgehead atoms. The first-order valence-electron chi connectivity index (χ1n) is 5.67. The molecule has 0 amide bonds. The van der Waals surface area contributed by atoms with Crippen LogP contribution in [0.2, 0.25) is 0 Å². The molecule has 0 aliphatic rings. The third-order valence-electron chi connectivity index (χ3n) is 2.31. The lowest BCUT2D eigenvalue weighted by atomic mass is 10.1. The number of hydrogen-bond donors (Lipinski definition) is 2. The highest BCUT2D eigenvalue weighted by Crippen LogP contribution is 2.25. The molecule has 6 heteroatoms. The Hall–Kier alpha value is -2.29. The van der Waals surface area contributed by atoms with Crippen LogP contribution in [0.4, 0.5) is 5.95 Å². The average molecular weight is 245 g/mol. The van der Waals surface area contributed by atoms with Crippen LogP contribution in [-0.4, -0.2) is 32.3 Å². The summed E-state index contributed by atoms with van der Waals surface area (Å²) < 4.78 is 5.72. The molecule has 2 aromatic heterocycles. The maximum atomic E-state index is 5.72. The van der Waals surface area contributed by atoms with Crippen molar-refractivity contribution in [2.45, 2.75) is 26.4 Å². The van der Waals surface area contributed by atoms with Gasteiger partial charge in [0.15, 0.2) is 11.2 Å². The smallest absolute Gasteiger partial charge is 0.231 e. The first-order valence-corrected chi connectivity index (χ1v) is 5.67. The zero-order chi connectivity index (χ0) is 13.2. The van der Waals surface area contributed by atoms with Crippen molar-refractivity contribution in [3.63, 3.8) is 0 Å². The molecular weight excluding hydrogens is 230 g/mol. The normalized spacial score (nSPS) is 11.2. The van der Waals surface area contributed by atoms with Gasteiger partial charge in [-0.25, -0.2) is 0 Å². The number of terminal acetylenes is 1. The quantitative estimate of drug-likeness (QED) is 0.800. The molecule has 6 nitrogen and oxygen atoms in total. The molecule has 0 saturated heterocycles. The van der Waals surface area contributed by atoms with E-state index in [1.165, 1.54) is 0 Å². The Morgan fingerprint density at radius 1 is 1.50 bits per heavy atom. The maximum Gasteiger partial charge on any atom is 0.231 e. The van der Waals surface area contributed by atoms with E-state index in [0.717, 1.165) is 6.54 Å². The number of hydrogen-bond acceptors (Lipinski definition) is 5. The van der Waals surface area contributed by atoms with Gasteiger partial charge in [-0.15, -0.1) is 6.42 Å². The van der Waals surface area contributed by atoms with Crippen molar-refractivity contribution >= 4 is 17.0 Å². The number of aromatic nitrogens is 4. The van der Waals surface area contributed by atoms with Crippen LogP contribution in [0.15, 0.2) is 6.20 Å². The zero-order valence-corrected chi connectivity index (χ0v) is 10.6. The van der Waals surface area contributed by atoms with Crippen molar-refractivity contribution in [1.29, 1.82) is 0 Å². The third-order valence-corrected chi connectivity index (χ3v) is 2.31. The topological polar surface area (TPSA) is 75.7 Å². The van der Waals surface area contributed by atoms with Gasteiger partial charge in [0.25, 0.3) is 0 Å². The molecule has 0 fully saturated rings. The predicted molar refractivity (Wildman–Crippen MR) is 69.4 cm³/mol. The second-order valence-corrected chi connectivity index (χ2v) is 4.27. The monoisotopic (exact) mass is 245 g/mol. The van der Waals surface area contributed by atoms with Gasteiger partial charge in [0, 0.05) is 6.54 Å². The van der Waals surface area contributed by atoms with Crippen LogP contribution >= 0.6 is 0 Å². The fourth-order valence-corrected chi connectivity index (χ4v) is 1.39. The van der Waals surface area contributed by atoms with Crippen LogP contribution in [0.25, 0.3) is 11.0 Å². The first-order chi connectivity index (χ1) is 8.55. The molecule has 0 spiro atoms. The van der Waals surface area contributed by atoms with E-state index < -0.39 is 5.60 Å². The molecule has 0 aromatic carbocycles. The van der Waals surface area contributed by atoms with Crippen molar-refractivity contribution < 1.29 is 4.74 Å². The zero-order valence-electron chi connectivity index (χ0n) is 10.6. The van der Waals surface area contributed by atoms with E-state index in [1.807, 2.05) is 6.92 Å². The summed E-state index contributed by atoms with van der Waals surface area (Å²) in [5.74, 6) is 3.47. The summed E-state index contributed by atoms with van der Waals surface area (Å²) in [6.45, 7) is 6.28. The van der Waals surface area contributed by atoms with Crippen LogP contribution in [0, 0.1) is 12.3 Å². The van der Waals surface area contributed by atoms with Gasteiger partial charge in [-0.05, 0) is 20.8 Å². The van der Waals surface area contributed by atoms with Crippen molar-refractivity contribution in [3.05, 3.63) is 6.20 Å². The first kappa shape index (κ1) is 12.2. The van der Waals surface area contributed by atoms with Gasteiger partial charge in [0.2, 0.25) is 11.8 Å². The van der Waals surface area contributed by atoms with Crippen molar-refractivity contribution in [2.75, 3.05) is 11.9 Å². The Bertz CT molecular complexity index is 596. The van der Waals surface area contributed by atoms with Gasteiger partial charge in [0.1, 0.15) is 5.39 Å².